The summed E-state index contributed by atoms with van der Waals surface area (Å²) in [5, 5.41) is 17.1. The monoisotopic (exact) mass is 336 g/mol. The lowest BCUT2D eigenvalue weighted by Crippen LogP contribution is -2.59. The summed E-state index contributed by atoms with van der Waals surface area (Å²) in [6.45, 7) is 6.78. The molecule has 7 heteroatoms. The number of nitrogens with one attached hydrogen (secondary N) is 1. The molecule has 1 aromatic heterocycles. The molecule has 0 unspecified atom stereocenters. The first kappa shape index (κ1) is 17.4. The summed E-state index contributed by atoms with van der Waals surface area (Å²) in [5.74, 6) is 0.272. The third-order valence-corrected chi connectivity index (χ3v) is 5.35. The van der Waals surface area contributed by atoms with Gasteiger partial charge in [0, 0.05) is 31.9 Å². The van der Waals surface area contributed by atoms with Crippen LogP contribution in [0.5, 0.6) is 0 Å². The number of nitrogens with zero attached hydrogens (tertiary/aromatic N) is 3. The van der Waals surface area contributed by atoms with E-state index >= 15 is 0 Å². The zero-order chi connectivity index (χ0) is 17.3. The lowest BCUT2D eigenvalue weighted by Gasteiger charge is -2.42. The molecule has 0 spiro atoms. The van der Waals surface area contributed by atoms with Crippen LogP contribution in [0.3, 0.4) is 0 Å². The number of morpholine rings is 1. The van der Waals surface area contributed by atoms with E-state index in [0.717, 1.165) is 31.5 Å². The second-order valence-corrected chi connectivity index (χ2v) is 7.44. The molecular weight excluding hydrogens is 308 g/mol. The molecule has 2 fully saturated rings. The van der Waals surface area contributed by atoms with E-state index in [-0.39, 0.29) is 24.0 Å². The predicted molar refractivity (Wildman–Crippen MR) is 89.3 cm³/mol. The molecule has 134 valence electrons. The maximum atomic E-state index is 13.0. The Labute approximate surface area is 143 Å². The quantitative estimate of drug-likeness (QED) is 0.817. The van der Waals surface area contributed by atoms with Gasteiger partial charge in [0.2, 0.25) is 5.91 Å². The molecule has 1 saturated carbocycles. The zero-order valence-corrected chi connectivity index (χ0v) is 14.7. The average molecular weight is 336 g/mol. The molecule has 2 heterocycles. The molecule has 24 heavy (non-hydrogen) atoms. The van der Waals surface area contributed by atoms with Crippen LogP contribution >= 0.6 is 0 Å². The molecule has 2 aliphatic rings. The van der Waals surface area contributed by atoms with Crippen molar-refractivity contribution in [2.24, 2.45) is 13.0 Å². The number of carbonyl (C=O) groups excluding carboxylic acids is 1. The molecule has 2 N–H and O–H groups in total. The summed E-state index contributed by atoms with van der Waals surface area (Å²) < 4.78 is 7.14. The molecule has 0 aromatic carbocycles. The van der Waals surface area contributed by atoms with Gasteiger partial charge >= 0.3 is 0 Å². The number of aliphatic hydroxyl groups excluding tert-OH is 1. The van der Waals surface area contributed by atoms with Crippen molar-refractivity contribution in [1.29, 1.82) is 0 Å². The van der Waals surface area contributed by atoms with E-state index in [9.17, 15) is 9.90 Å². The van der Waals surface area contributed by atoms with Gasteiger partial charge in [0.15, 0.2) is 0 Å². The van der Waals surface area contributed by atoms with Gasteiger partial charge in [-0.25, -0.2) is 0 Å². The molecule has 7 nitrogen and oxygen atoms in total. The van der Waals surface area contributed by atoms with Gasteiger partial charge in [-0.05, 0) is 32.6 Å². The van der Waals surface area contributed by atoms with Crippen molar-refractivity contribution in [3.05, 3.63) is 18.0 Å². The van der Waals surface area contributed by atoms with Crippen molar-refractivity contribution in [2.45, 2.75) is 44.4 Å². The van der Waals surface area contributed by atoms with Crippen LogP contribution in [0.15, 0.2) is 12.4 Å². The first-order valence-corrected chi connectivity index (χ1v) is 8.68. The third kappa shape index (κ3) is 3.48. The molecule has 3 rings (SSSR count). The molecule has 1 amide bonds. The van der Waals surface area contributed by atoms with E-state index in [1.807, 2.05) is 27.1 Å². The van der Waals surface area contributed by atoms with Gasteiger partial charge in [0.25, 0.3) is 0 Å². The predicted octanol–water partition coefficient (Wildman–Crippen LogP) is 0.459. The number of aliphatic hydroxyl groups is 1. The lowest BCUT2D eigenvalue weighted by molar-refractivity contribution is -0.136. The number of hydrogen-bond acceptors (Lipinski definition) is 5. The molecule has 1 aliphatic carbocycles. The van der Waals surface area contributed by atoms with E-state index in [2.05, 4.69) is 15.3 Å². The van der Waals surface area contributed by atoms with Crippen molar-refractivity contribution < 1.29 is 14.6 Å². The van der Waals surface area contributed by atoms with Crippen LogP contribution in [0.4, 0.5) is 0 Å². The SMILES string of the molecule is Cn1cc([C@@H](NC(=O)C(C)(C)N2CCOCC2)C2CC(O)C2)cn1. The van der Waals surface area contributed by atoms with Crippen molar-refractivity contribution in [3.8, 4) is 0 Å². The molecule has 1 saturated heterocycles. The summed E-state index contributed by atoms with van der Waals surface area (Å²) in [4.78, 5) is 15.2. The number of ether oxygens (including phenoxy) is 1. The van der Waals surface area contributed by atoms with Crippen molar-refractivity contribution in [1.82, 2.24) is 20.0 Å². The highest BCUT2D eigenvalue weighted by Gasteiger charge is 2.41. The minimum Gasteiger partial charge on any atom is -0.393 e. The van der Waals surface area contributed by atoms with Crippen LogP contribution in [0, 0.1) is 5.92 Å². The molecular formula is C17H28N4O3. The van der Waals surface area contributed by atoms with Gasteiger partial charge in [-0.3, -0.25) is 14.4 Å². The van der Waals surface area contributed by atoms with Crippen LogP contribution < -0.4 is 5.32 Å². The number of aryl methyl sites for hydroxylation is 1. The Hall–Kier alpha value is -1.44. The minimum absolute atomic E-state index is 0.0136. The van der Waals surface area contributed by atoms with E-state index in [1.54, 1.807) is 10.9 Å². The van der Waals surface area contributed by atoms with Gasteiger partial charge in [-0.15, -0.1) is 0 Å². The Morgan fingerprint density at radius 2 is 2.08 bits per heavy atom. The van der Waals surface area contributed by atoms with Crippen LogP contribution in [0.25, 0.3) is 0 Å². The fourth-order valence-electron chi connectivity index (χ4n) is 3.56. The number of hydrogen-bond donors (Lipinski definition) is 2. The second-order valence-electron chi connectivity index (χ2n) is 7.44. The van der Waals surface area contributed by atoms with Gasteiger partial charge < -0.3 is 15.2 Å². The van der Waals surface area contributed by atoms with Gasteiger partial charge in [-0.2, -0.15) is 5.10 Å². The van der Waals surface area contributed by atoms with Crippen molar-refractivity contribution in [3.63, 3.8) is 0 Å². The normalized spacial score (nSPS) is 26.7. The van der Waals surface area contributed by atoms with Crippen LogP contribution in [0.2, 0.25) is 0 Å². The molecule has 1 aromatic rings. The molecule has 0 radical (unpaired) electrons. The summed E-state index contributed by atoms with van der Waals surface area (Å²) in [6.07, 6.45) is 4.93. The van der Waals surface area contributed by atoms with Crippen molar-refractivity contribution in [2.75, 3.05) is 26.3 Å². The smallest absolute Gasteiger partial charge is 0.240 e. The molecule has 0 bridgehead atoms. The van der Waals surface area contributed by atoms with E-state index in [1.165, 1.54) is 0 Å². The van der Waals surface area contributed by atoms with Crippen LogP contribution in [0.1, 0.15) is 38.3 Å². The van der Waals surface area contributed by atoms with E-state index in [0.29, 0.717) is 13.2 Å². The average Bonchev–Trinajstić information content (AvgIpc) is 2.96. The summed E-state index contributed by atoms with van der Waals surface area (Å²) in [5.41, 5.74) is 0.410. The Balaban J connectivity index is 1.72. The lowest BCUT2D eigenvalue weighted by atomic mass is 9.75. The highest BCUT2D eigenvalue weighted by Crippen LogP contribution is 2.38. The maximum Gasteiger partial charge on any atom is 0.240 e. The van der Waals surface area contributed by atoms with Crippen molar-refractivity contribution >= 4 is 5.91 Å². The summed E-state index contributed by atoms with van der Waals surface area (Å²) >= 11 is 0. The number of carbonyl (C=O) groups is 1. The first-order valence-electron chi connectivity index (χ1n) is 8.68. The third-order valence-electron chi connectivity index (χ3n) is 5.35. The number of rotatable bonds is 5. The standard InChI is InChI=1S/C17H28N4O3/c1-17(2,21-4-6-24-7-5-21)16(23)19-15(12-8-14(22)9-12)13-10-18-20(3)11-13/h10-12,14-15,22H,4-9H2,1-3H3,(H,19,23)/t12?,14?,15-/m0/s1. The van der Waals surface area contributed by atoms with E-state index < -0.39 is 5.54 Å². The Bertz CT molecular complexity index is 574. The highest BCUT2D eigenvalue weighted by atomic mass is 16.5. The summed E-state index contributed by atoms with van der Waals surface area (Å²) in [7, 11) is 1.87. The molecule has 1 atom stereocenters. The largest absolute Gasteiger partial charge is 0.393 e. The Morgan fingerprint density at radius 1 is 1.42 bits per heavy atom. The maximum absolute atomic E-state index is 13.0. The topological polar surface area (TPSA) is 79.6 Å². The highest BCUT2D eigenvalue weighted by molar-refractivity contribution is 5.85. The zero-order valence-electron chi connectivity index (χ0n) is 14.7. The Morgan fingerprint density at radius 3 is 2.62 bits per heavy atom. The van der Waals surface area contributed by atoms with Crippen LogP contribution in [-0.4, -0.2) is 63.6 Å². The fraction of sp³-hybridized carbons (Fsp3) is 0.765. The van der Waals surface area contributed by atoms with Gasteiger partial charge in [0.1, 0.15) is 0 Å². The fourth-order valence-corrected chi connectivity index (χ4v) is 3.56. The number of aromatic nitrogens is 2. The van der Waals surface area contributed by atoms with Gasteiger partial charge in [-0.1, -0.05) is 0 Å². The second kappa shape index (κ2) is 6.82. The van der Waals surface area contributed by atoms with E-state index in [4.69, 9.17) is 4.74 Å². The molecule has 1 aliphatic heterocycles. The van der Waals surface area contributed by atoms with Gasteiger partial charge in [0.05, 0.1) is 37.1 Å². The first-order chi connectivity index (χ1) is 11.4. The Kier molecular flexibility index (Phi) is 4.94. The number of amides is 1. The van der Waals surface area contributed by atoms with Crippen LogP contribution in [-0.2, 0) is 16.6 Å². The summed E-state index contributed by atoms with van der Waals surface area (Å²) in [6, 6.07) is -0.102. The minimum atomic E-state index is -0.591.